The molecule has 0 aliphatic rings. The summed E-state index contributed by atoms with van der Waals surface area (Å²) in [5, 5.41) is 26.2. The maximum atomic E-state index is 10.7. The molecule has 0 aliphatic heterocycles. The van der Waals surface area contributed by atoms with Crippen molar-refractivity contribution in [2.75, 3.05) is 0 Å². The van der Waals surface area contributed by atoms with Crippen LogP contribution in [0, 0.1) is 52.3 Å². The minimum absolute atomic E-state index is 0.192. The number of rotatable bonds is 19. The smallest absolute Gasteiger partial charge is 0.330 e. The Balaban J connectivity index is -0.000000610. The molecule has 7 unspecified atom stereocenters. The summed E-state index contributed by atoms with van der Waals surface area (Å²) in [6.45, 7) is 32.1. The Bertz CT molecular complexity index is 847. The number of allylic oxidation sites excluding steroid dienone is 1. The van der Waals surface area contributed by atoms with Crippen LogP contribution < -0.4 is 0 Å². The lowest BCUT2D eigenvalue weighted by Crippen LogP contribution is -2.14. The Morgan fingerprint density at radius 1 is 0.565 bits per heavy atom. The van der Waals surface area contributed by atoms with Gasteiger partial charge in [-0.2, -0.15) is 0 Å². The van der Waals surface area contributed by atoms with Crippen molar-refractivity contribution < 1.29 is 29.7 Å². The largest absolute Gasteiger partial charge is 0.481 e. The predicted molar refractivity (Wildman–Crippen MR) is 196 cm³/mol. The van der Waals surface area contributed by atoms with Crippen LogP contribution in [0.2, 0.25) is 0 Å². The Morgan fingerprint density at radius 2 is 0.913 bits per heavy atom. The van der Waals surface area contributed by atoms with Crippen molar-refractivity contribution in [1.82, 2.24) is 0 Å². The summed E-state index contributed by atoms with van der Waals surface area (Å²) < 4.78 is 0. The van der Waals surface area contributed by atoms with E-state index in [1.807, 2.05) is 6.08 Å². The van der Waals surface area contributed by atoms with Gasteiger partial charge in [-0.25, -0.2) is 4.79 Å². The normalized spacial score (nSPS) is 16.7. The van der Waals surface area contributed by atoms with Gasteiger partial charge in [-0.3, -0.25) is 9.59 Å². The van der Waals surface area contributed by atoms with E-state index >= 15 is 0 Å². The molecule has 0 radical (unpaired) electrons. The van der Waals surface area contributed by atoms with E-state index in [0.717, 1.165) is 50.4 Å². The number of hydrogen-bond donors (Lipinski definition) is 3. The average molecular weight is 655 g/mol. The lowest BCUT2D eigenvalue weighted by molar-refractivity contribution is -0.142. The molecular formula is C40H78O6. The quantitative estimate of drug-likeness (QED) is 0.119. The van der Waals surface area contributed by atoms with Crippen LogP contribution in [0.4, 0.5) is 0 Å². The Kier molecular flexibility index (Phi) is 26.6. The van der Waals surface area contributed by atoms with E-state index in [1.165, 1.54) is 32.1 Å². The molecule has 6 nitrogen and oxygen atoms in total. The third kappa shape index (κ3) is 33.5. The Hall–Kier alpha value is -1.85. The van der Waals surface area contributed by atoms with Gasteiger partial charge in [0.2, 0.25) is 0 Å². The molecule has 0 aliphatic carbocycles. The Labute approximate surface area is 285 Å². The average Bonchev–Trinajstić information content (AvgIpc) is 2.90. The molecule has 0 aromatic carbocycles. The highest BCUT2D eigenvalue weighted by Crippen LogP contribution is 2.28. The van der Waals surface area contributed by atoms with Crippen LogP contribution in [-0.2, 0) is 14.4 Å². The molecular weight excluding hydrogens is 576 g/mol. The van der Waals surface area contributed by atoms with E-state index in [1.54, 1.807) is 20.8 Å². The van der Waals surface area contributed by atoms with Gasteiger partial charge in [-0.05, 0) is 98.7 Å². The summed E-state index contributed by atoms with van der Waals surface area (Å²) in [6.07, 6.45) is 13.8. The Morgan fingerprint density at radius 3 is 1.26 bits per heavy atom. The molecule has 0 bridgehead atoms. The minimum Gasteiger partial charge on any atom is -0.481 e. The van der Waals surface area contributed by atoms with Crippen LogP contribution >= 0.6 is 0 Å². The van der Waals surface area contributed by atoms with Crippen molar-refractivity contribution in [2.24, 2.45) is 52.3 Å². The highest BCUT2D eigenvalue weighted by atomic mass is 16.4. The SMILES string of the molecule is C/C(=C/CC(C)CC(C)(C)C)C(=O)O.CC(CCC(C)C(=O)O)CC(C)(C)C.CCC(C)CCC(C)CC(C)CCC(C)C(=O)O. The molecule has 0 saturated heterocycles. The van der Waals surface area contributed by atoms with Gasteiger partial charge in [-0.1, -0.05) is 122 Å². The van der Waals surface area contributed by atoms with Gasteiger partial charge in [0.05, 0.1) is 11.8 Å². The molecule has 0 heterocycles. The molecule has 0 fully saturated rings. The van der Waals surface area contributed by atoms with Gasteiger partial charge >= 0.3 is 17.9 Å². The summed E-state index contributed by atoms with van der Waals surface area (Å²) in [7, 11) is 0. The number of aliphatic carboxylic acids is 3. The first kappa shape index (κ1) is 48.5. The van der Waals surface area contributed by atoms with E-state index in [2.05, 4.69) is 83.1 Å². The van der Waals surface area contributed by atoms with Crippen LogP contribution in [0.1, 0.15) is 174 Å². The van der Waals surface area contributed by atoms with Crippen molar-refractivity contribution in [3.8, 4) is 0 Å². The summed E-state index contributed by atoms with van der Waals surface area (Å²) in [5.41, 5.74) is 1.13. The van der Waals surface area contributed by atoms with E-state index in [9.17, 15) is 14.4 Å². The number of carboxylic acid groups (broad SMARTS) is 3. The highest BCUT2D eigenvalue weighted by molar-refractivity contribution is 5.85. The monoisotopic (exact) mass is 655 g/mol. The fourth-order valence-electron chi connectivity index (χ4n) is 5.75. The van der Waals surface area contributed by atoms with Gasteiger partial charge < -0.3 is 15.3 Å². The molecule has 0 rings (SSSR count). The predicted octanol–water partition coefficient (Wildman–Crippen LogP) is 12.0. The third-order valence-electron chi connectivity index (χ3n) is 8.77. The number of hydrogen-bond acceptors (Lipinski definition) is 3. The second-order valence-electron chi connectivity index (χ2n) is 17.3. The van der Waals surface area contributed by atoms with Crippen LogP contribution in [0.5, 0.6) is 0 Å². The zero-order valence-electron chi connectivity index (χ0n) is 33.0. The summed E-state index contributed by atoms with van der Waals surface area (Å²) in [4.78, 5) is 31.9. The maximum Gasteiger partial charge on any atom is 0.330 e. The first-order valence-corrected chi connectivity index (χ1v) is 18.2. The first-order valence-electron chi connectivity index (χ1n) is 18.2. The van der Waals surface area contributed by atoms with Crippen LogP contribution in [-0.4, -0.2) is 33.2 Å². The van der Waals surface area contributed by atoms with Crippen molar-refractivity contribution in [3.63, 3.8) is 0 Å². The number of carbonyl (C=O) groups is 3. The molecule has 0 aromatic heterocycles. The summed E-state index contributed by atoms with van der Waals surface area (Å²) in [5.74, 6) is 0.900. The van der Waals surface area contributed by atoms with Crippen molar-refractivity contribution in [2.45, 2.75) is 174 Å². The molecule has 0 spiro atoms. The first-order chi connectivity index (χ1) is 20.8. The topological polar surface area (TPSA) is 112 Å². The van der Waals surface area contributed by atoms with Gasteiger partial charge in [0, 0.05) is 5.57 Å². The third-order valence-corrected chi connectivity index (χ3v) is 8.77. The van der Waals surface area contributed by atoms with Crippen LogP contribution in [0.3, 0.4) is 0 Å². The molecule has 7 atom stereocenters. The summed E-state index contributed by atoms with van der Waals surface area (Å²) >= 11 is 0. The van der Waals surface area contributed by atoms with Crippen molar-refractivity contribution >= 4 is 17.9 Å². The molecule has 3 N–H and O–H groups in total. The summed E-state index contributed by atoms with van der Waals surface area (Å²) in [6, 6.07) is 0. The van der Waals surface area contributed by atoms with Crippen LogP contribution in [0.25, 0.3) is 0 Å². The van der Waals surface area contributed by atoms with Gasteiger partial charge in [0.15, 0.2) is 0 Å². The maximum absolute atomic E-state index is 10.7. The van der Waals surface area contributed by atoms with Gasteiger partial charge in [0.1, 0.15) is 0 Å². The van der Waals surface area contributed by atoms with Gasteiger partial charge in [0.25, 0.3) is 0 Å². The molecule has 46 heavy (non-hydrogen) atoms. The molecule has 0 saturated carbocycles. The van der Waals surface area contributed by atoms with E-state index < -0.39 is 17.9 Å². The lowest BCUT2D eigenvalue weighted by Gasteiger charge is -2.23. The lowest BCUT2D eigenvalue weighted by atomic mass is 9.83. The van der Waals surface area contributed by atoms with E-state index in [0.29, 0.717) is 34.2 Å². The second kappa shape index (κ2) is 25.2. The molecule has 274 valence electrons. The number of carboxylic acids is 3. The van der Waals surface area contributed by atoms with Crippen molar-refractivity contribution in [1.29, 1.82) is 0 Å². The van der Waals surface area contributed by atoms with E-state index in [4.69, 9.17) is 15.3 Å². The second-order valence-corrected chi connectivity index (χ2v) is 17.3. The van der Waals surface area contributed by atoms with Crippen molar-refractivity contribution in [3.05, 3.63) is 11.6 Å². The minimum atomic E-state index is -0.812. The fourth-order valence-corrected chi connectivity index (χ4v) is 5.75. The van der Waals surface area contributed by atoms with Crippen LogP contribution in [0.15, 0.2) is 11.6 Å². The van der Waals surface area contributed by atoms with E-state index in [-0.39, 0.29) is 11.8 Å². The molecule has 0 aromatic rings. The zero-order valence-corrected chi connectivity index (χ0v) is 33.0. The molecule has 6 heteroatoms. The fraction of sp³-hybridized carbons (Fsp3) is 0.875. The zero-order chi connectivity index (χ0) is 36.8. The molecule has 0 amide bonds. The highest BCUT2D eigenvalue weighted by Gasteiger charge is 2.18. The van der Waals surface area contributed by atoms with Gasteiger partial charge in [-0.15, -0.1) is 0 Å². The standard InChI is InChI=1S/C16H32O2.C12H24O2.C12H22O2/c1-6-12(2)7-8-13(3)11-14(4)9-10-15(5)16(17)18;2*1-9(8-12(3,4)5)6-7-10(2)11(13)14/h12-15H,6-11H2,1-5H3,(H,17,18);9-10H,6-8H2,1-5H3,(H,13,14);7,9H,6,8H2,1-5H3,(H,13,14)/b;;10-7-.